The molecule has 17 heteroatoms. The number of amides is 1. The molecule has 5 bridgehead atoms. The monoisotopic (exact) mass is 793 g/mol. The highest BCUT2D eigenvalue weighted by molar-refractivity contribution is 6.23. The summed E-state index contributed by atoms with van der Waals surface area (Å²) in [6, 6.07) is 0. The van der Waals surface area contributed by atoms with Gasteiger partial charge in [-0.3, -0.25) is 19.8 Å². The zero-order valence-electron chi connectivity index (χ0n) is 33.3. The third kappa shape index (κ3) is 8.13. The first-order valence-corrected chi connectivity index (χ1v) is 18.5. The minimum Gasteiger partial charge on any atom is -0.507 e. The molecule has 4 aliphatic rings. The number of methoxy groups -OCH3 is 1. The first-order chi connectivity index (χ1) is 26.8. The number of anilines is 1. The van der Waals surface area contributed by atoms with Gasteiger partial charge in [0.15, 0.2) is 5.75 Å². The van der Waals surface area contributed by atoms with E-state index in [-0.39, 0.29) is 51.1 Å². The number of allylic oxidation sites excluding steroid dienone is 2. The molecule has 4 heterocycles. The number of Topliss-reactive ketones (excluding diaryl/α,β-unsaturated/α-hetero) is 1. The van der Waals surface area contributed by atoms with Gasteiger partial charge < -0.3 is 49.8 Å². The summed E-state index contributed by atoms with van der Waals surface area (Å²) in [6.07, 6.45) is 5.96. The van der Waals surface area contributed by atoms with Gasteiger partial charge in [-0.15, -0.1) is 0 Å². The number of hydrazone groups is 2. The molecule has 17 nitrogen and oxygen atoms in total. The summed E-state index contributed by atoms with van der Waals surface area (Å²) < 4.78 is 23.5. The number of carbonyl (C=O) groups is 3. The van der Waals surface area contributed by atoms with Crippen molar-refractivity contribution in [3.8, 4) is 23.0 Å². The van der Waals surface area contributed by atoms with Crippen LogP contribution in [0.5, 0.6) is 23.0 Å². The number of rotatable bonds is 4. The fourth-order valence-electron chi connectivity index (χ4n) is 7.34. The van der Waals surface area contributed by atoms with Crippen LogP contribution in [0.25, 0.3) is 10.8 Å². The maximum atomic E-state index is 14.3. The van der Waals surface area contributed by atoms with E-state index in [9.17, 15) is 39.9 Å². The van der Waals surface area contributed by atoms with Crippen LogP contribution in [0.2, 0.25) is 0 Å². The van der Waals surface area contributed by atoms with Crippen LogP contribution < -0.4 is 15.5 Å². The van der Waals surface area contributed by atoms with Crippen LogP contribution >= 0.6 is 0 Å². The molecule has 0 unspecified atom stereocenters. The number of ether oxygens (including phenoxy) is 4. The molecule has 2 aromatic rings. The molecule has 0 aromatic heterocycles. The molecule has 0 radical (unpaired) electrons. The minimum atomic E-state index is -2.06. The highest BCUT2D eigenvalue weighted by Crippen LogP contribution is 2.55. The summed E-state index contributed by atoms with van der Waals surface area (Å²) in [5.74, 6) is -8.61. The van der Waals surface area contributed by atoms with Crippen molar-refractivity contribution in [2.24, 2.45) is 33.9 Å². The first kappa shape index (κ1) is 42.5. The quantitative estimate of drug-likeness (QED) is 0.101. The third-order valence-corrected chi connectivity index (χ3v) is 10.9. The van der Waals surface area contributed by atoms with Gasteiger partial charge in [0.25, 0.3) is 11.7 Å². The topological polar surface area (TPSA) is 241 Å². The van der Waals surface area contributed by atoms with Gasteiger partial charge in [0.05, 0.1) is 53.0 Å². The summed E-state index contributed by atoms with van der Waals surface area (Å²) >= 11 is 0. The molecule has 0 aliphatic carbocycles. The maximum absolute atomic E-state index is 14.3. The van der Waals surface area contributed by atoms with Crippen LogP contribution in [-0.2, 0) is 23.8 Å². The SMILES string of the molecule is CO[C@H]1/C=C/O[C@@]2(C)Oc3c(C)c(O)c4c(O)c(c(/C=N/N5C=NNC5)c(O)c4c3C2=O)NC(=O)/C(C)=C\C=C\[C@H](C)[C@H](O)[C@@H](C)[C@@H](O)[C@@H](C)[C@H](OC(C)=O)[C@@H]1C. The number of hydrogen-bond donors (Lipinski definition) is 7. The van der Waals surface area contributed by atoms with E-state index in [2.05, 4.69) is 20.9 Å². The Morgan fingerprint density at radius 2 is 1.72 bits per heavy atom. The molecule has 308 valence electrons. The molecule has 2 aromatic carbocycles. The van der Waals surface area contributed by atoms with E-state index in [1.165, 1.54) is 64.6 Å². The molecular formula is C40H51N5O12. The smallest absolute Gasteiger partial charge is 0.312 e. The van der Waals surface area contributed by atoms with Crippen molar-refractivity contribution in [2.45, 2.75) is 85.6 Å². The van der Waals surface area contributed by atoms with Crippen molar-refractivity contribution in [2.75, 3.05) is 19.1 Å². The Bertz CT molecular complexity index is 2080. The molecule has 0 fully saturated rings. The molecule has 57 heavy (non-hydrogen) atoms. The zero-order valence-corrected chi connectivity index (χ0v) is 33.3. The van der Waals surface area contributed by atoms with E-state index in [0.717, 1.165) is 6.21 Å². The zero-order chi connectivity index (χ0) is 42.1. The summed E-state index contributed by atoms with van der Waals surface area (Å²) in [5.41, 5.74) is 2.14. The molecule has 9 atom stereocenters. The number of ketones is 1. The van der Waals surface area contributed by atoms with E-state index >= 15 is 0 Å². The average molecular weight is 794 g/mol. The van der Waals surface area contributed by atoms with Crippen LogP contribution in [0.3, 0.4) is 0 Å². The highest BCUT2D eigenvalue weighted by atomic mass is 16.7. The largest absolute Gasteiger partial charge is 0.507 e. The number of aromatic hydroxyl groups is 3. The van der Waals surface area contributed by atoms with Gasteiger partial charge >= 0.3 is 11.8 Å². The summed E-state index contributed by atoms with van der Waals surface area (Å²) in [4.78, 5) is 40.3. The van der Waals surface area contributed by atoms with Gasteiger partial charge in [0.1, 0.15) is 36.4 Å². The minimum absolute atomic E-state index is 0.0346. The molecule has 7 N–H and O–H groups in total. The van der Waals surface area contributed by atoms with Crippen LogP contribution in [-0.4, -0.2) is 105 Å². The molecule has 6 rings (SSSR count). The van der Waals surface area contributed by atoms with Crippen molar-refractivity contribution in [3.05, 3.63) is 52.8 Å². The van der Waals surface area contributed by atoms with Gasteiger partial charge in [-0.2, -0.15) is 10.2 Å². The van der Waals surface area contributed by atoms with Crippen LogP contribution in [0, 0.1) is 30.6 Å². The van der Waals surface area contributed by atoms with Gasteiger partial charge in [0.2, 0.25) is 0 Å². The van der Waals surface area contributed by atoms with E-state index in [0.29, 0.717) is 0 Å². The lowest BCUT2D eigenvalue weighted by molar-refractivity contribution is -0.160. The number of benzene rings is 2. The van der Waals surface area contributed by atoms with Crippen molar-refractivity contribution in [3.63, 3.8) is 0 Å². The molecule has 4 aliphatic heterocycles. The molecule has 0 spiro atoms. The van der Waals surface area contributed by atoms with Crippen molar-refractivity contribution >= 4 is 46.7 Å². The molecular weight excluding hydrogens is 742 g/mol. The molecule has 1 amide bonds. The van der Waals surface area contributed by atoms with E-state index in [1.54, 1.807) is 39.8 Å². The second kappa shape index (κ2) is 16.8. The summed E-state index contributed by atoms with van der Waals surface area (Å²) in [5, 5.41) is 69.5. The number of esters is 1. The normalized spacial score (nSPS) is 31.8. The summed E-state index contributed by atoms with van der Waals surface area (Å²) in [7, 11) is 1.43. The lowest BCUT2D eigenvalue weighted by Crippen LogP contribution is -2.46. The molecule has 0 saturated carbocycles. The number of phenols is 3. The number of carbonyl (C=O) groups excluding carboxylic acids is 3. The Hall–Kier alpha value is -5.65. The number of nitrogens with zero attached hydrogens (tertiary/aromatic N) is 3. The number of hydrogen-bond acceptors (Lipinski definition) is 16. The van der Waals surface area contributed by atoms with Crippen LogP contribution in [0.15, 0.2) is 46.3 Å². The fourth-order valence-corrected chi connectivity index (χ4v) is 7.34. The van der Waals surface area contributed by atoms with E-state index < -0.39 is 88.8 Å². The van der Waals surface area contributed by atoms with E-state index in [1.807, 2.05) is 0 Å². The lowest BCUT2D eigenvalue weighted by atomic mass is 9.78. The highest BCUT2D eigenvalue weighted by Gasteiger charge is 2.50. The maximum Gasteiger partial charge on any atom is 0.312 e. The predicted octanol–water partition coefficient (Wildman–Crippen LogP) is 3.89. The van der Waals surface area contributed by atoms with Crippen molar-refractivity contribution in [1.29, 1.82) is 0 Å². The Morgan fingerprint density at radius 3 is 2.35 bits per heavy atom. The number of nitrogens with one attached hydrogen (secondary N) is 2. The predicted molar refractivity (Wildman–Crippen MR) is 210 cm³/mol. The third-order valence-electron chi connectivity index (χ3n) is 10.9. The Kier molecular flexibility index (Phi) is 12.5. The Balaban J connectivity index is 1.71. The Labute approximate surface area is 329 Å². The summed E-state index contributed by atoms with van der Waals surface area (Å²) in [6.45, 7) is 12.6. The van der Waals surface area contributed by atoms with Crippen molar-refractivity contribution in [1.82, 2.24) is 10.4 Å². The average Bonchev–Trinajstić information content (AvgIpc) is 3.79. The van der Waals surface area contributed by atoms with Gasteiger partial charge in [-0.25, -0.2) is 5.01 Å². The van der Waals surface area contributed by atoms with Gasteiger partial charge in [-0.05, 0) is 19.9 Å². The van der Waals surface area contributed by atoms with Crippen LogP contribution in [0.1, 0.15) is 70.0 Å². The standard InChI is InChI=1S/C40H51N5O12/c1-18-11-10-12-19(2)39(53)44-30-25(15-43-45-16-41-42-17-45)34(50)27-28(35(30)51)33(49)23(6)37-29(27)38(52)40(8,57-37)55-14-13-26(54-9)20(3)36(56-24(7)46)22(5)32(48)21(4)31(18)47/h10-16,18,20-22,26,31-32,36,42,47-51H,17H2,1-9H3,(H,44,53)/b11-10+,14-13+,19-12-,43-15+/t18-,20+,21+,22+,26-,31-,32+,36+,40-/m0/s1. The number of fused-ring (bicyclic) bond motifs is 14. The number of aliphatic hydroxyl groups is 2. The second-order valence-electron chi connectivity index (χ2n) is 14.9. The first-order valence-electron chi connectivity index (χ1n) is 18.5. The second-order valence-corrected chi connectivity index (χ2v) is 14.9. The van der Waals surface area contributed by atoms with Crippen LogP contribution in [0.4, 0.5) is 5.69 Å². The number of phenolic OH excluding ortho intramolecular Hbond substituents is 3. The fraction of sp³-hybridized carbons (Fsp3) is 0.475. The van der Waals surface area contributed by atoms with Gasteiger partial charge in [-0.1, -0.05) is 45.9 Å². The van der Waals surface area contributed by atoms with Crippen molar-refractivity contribution < 1.29 is 58.9 Å². The van der Waals surface area contributed by atoms with E-state index in [4.69, 9.17) is 18.9 Å². The number of aliphatic hydroxyl groups excluding tert-OH is 2. The molecule has 0 saturated heterocycles. The van der Waals surface area contributed by atoms with Gasteiger partial charge in [0, 0.05) is 61.2 Å². The Morgan fingerprint density at radius 1 is 1.02 bits per heavy atom. The lowest BCUT2D eigenvalue weighted by Gasteiger charge is -2.38.